The van der Waals surface area contributed by atoms with Crippen molar-refractivity contribution in [1.29, 1.82) is 31.6 Å². The summed E-state index contributed by atoms with van der Waals surface area (Å²) in [5.41, 5.74) is -7.31. The van der Waals surface area contributed by atoms with Crippen molar-refractivity contribution in [3.05, 3.63) is 155 Å². The van der Waals surface area contributed by atoms with Gasteiger partial charge in [-0.3, -0.25) is 0 Å². The fourth-order valence-electron chi connectivity index (χ4n) is 6.16. The Morgan fingerprint density at radius 2 is 1.20 bits per heavy atom. The largest absolute Gasteiger partial charge is 0.417 e. The lowest BCUT2D eigenvalue weighted by atomic mass is 9.83. The van der Waals surface area contributed by atoms with E-state index in [1.807, 2.05) is 18.2 Å². The summed E-state index contributed by atoms with van der Waals surface area (Å²) in [5, 5.41) is 61.6. The normalized spacial score (nSPS) is 14.4. The molecule has 0 atom stereocenters. The van der Waals surface area contributed by atoms with Crippen molar-refractivity contribution in [2.24, 2.45) is 0 Å². The van der Waals surface area contributed by atoms with E-state index < -0.39 is 56.5 Å². The highest BCUT2D eigenvalue weighted by molar-refractivity contribution is 6.31. The molecule has 2 aliphatic carbocycles. The lowest BCUT2D eigenvalue weighted by Gasteiger charge is -2.17. The van der Waals surface area contributed by atoms with E-state index in [-0.39, 0.29) is 55.9 Å². The van der Waals surface area contributed by atoms with Crippen LogP contribution in [0.1, 0.15) is 61.2 Å². The predicted molar refractivity (Wildman–Crippen MR) is 174 cm³/mol. The molecule has 0 aromatic heterocycles. The molecule has 13 heteroatoms. The van der Waals surface area contributed by atoms with Crippen molar-refractivity contribution in [3.8, 4) is 36.4 Å². The minimum atomic E-state index is -5.06. The monoisotopic (exact) mass is 662 g/mol. The van der Waals surface area contributed by atoms with E-state index in [0.717, 1.165) is 12.1 Å². The third kappa shape index (κ3) is 4.80. The van der Waals surface area contributed by atoms with Crippen LogP contribution < -0.4 is 0 Å². The van der Waals surface area contributed by atoms with Crippen molar-refractivity contribution in [1.82, 2.24) is 0 Å². The first-order chi connectivity index (χ1) is 24.5. The molecule has 10 nitrogen and oxygen atoms in total. The van der Waals surface area contributed by atoms with Crippen LogP contribution in [0.25, 0.3) is 52.9 Å². The summed E-state index contributed by atoms with van der Waals surface area (Å²) < 4.78 is 42.3. The smallest absolute Gasteiger partial charge is 0.238 e. The first-order valence-electron chi connectivity index (χ1n) is 13.9. The van der Waals surface area contributed by atoms with Crippen molar-refractivity contribution < 1.29 is 13.2 Å². The van der Waals surface area contributed by atoms with Crippen molar-refractivity contribution in [2.45, 2.75) is 13.1 Å². The average Bonchev–Trinajstić information content (AvgIpc) is 3.65. The zero-order chi connectivity index (χ0) is 37.4. The second kappa shape index (κ2) is 12.5. The molecule has 0 bridgehead atoms. The van der Waals surface area contributed by atoms with Gasteiger partial charge in [-0.2, -0.15) is 34.2 Å². The fraction of sp³-hybridized carbons (Fsp3) is 0.0526. The van der Waals surface area contributed by atoms with Crippen LogP contribution >= 0.6 is 0 Å². The van der Waals surface area contributed by atoms with Crippen molar-refractivity contribution in [2.75, 3.05) is 0 Å². The molecule has 3 aromatic rings. The maximum atomic E-state index is 14.1. The summed E-state index contributed by atoms with van der Waals surface area (Å²) >= 11 is 0. The van der Waals surface area contributed by atoms with Crippen LogP contribution in [-0.4, -0.2) is 0 Å². The Morgan fingerprint density at radius 3 is 1.69 bits per heavy atom. The summed E-state index contributed by atoms with van der Waals surface area (Å²) in [6.07, 6.45) is -5.06. The molecule has 2 aliphatic rings. The maximum absolute atomic E-state index is 14.1. The number of hydrogen-bond donors (Lipinski definition) is 0. The van der Waals surface area contributed by atoms with Gasteiger partial charge >= 0.3 is 6.18 Å². The Hall–Kier alpha value is -8.69. The third-order valence-corrected chi connectivity index (χ3v) is 8.18. The Morgan fingerprint density at radius 1 is 0.647 bits per heavy atom. The number of nitrogens with zero attached hydrogens (tertiary/aromatic N) is 10. The minimum Gasteiger partial charge on any atom is -0.238 e. The number of halogens is 3. The Labute approximate surface area is 287 Å². The molecular weight excluding hydrogens is 653 g/mol. The number of allylic oxidation sites excluding steroid dienone is 7. The molecule has 0 fully saturated rings. The SMILES string of the molecule is [C-]#[N+]C1=C(c2ccc(C)c([N+]#[C-])c2)/C(=C(/C#N)[N+]#[C-])c2c(C#N)c3c(c(C#N)c21)C(C#N)=C(c1ccc(C#N)c(C(F)(F)F)c1)/C3=C(\C#N)[N+]#[C-]. The number of fused-ring (bicyclic) bond motifs is 2. The lowest BCUT2D eigenvalue weighted by molar-refractivity contribution is -0.137. The second-order valence-electron chi connectivity index (χ2n) is 10.5. The zero-order valence-corrected chi connectivity index (χ0v) is 25.6. The molecule has 0 radical (unpaired) electrons. The lowest BCUT2D eigenvalue weighted by Crippen LogP contribution is -2.08. The number of benzene rings is 3. The van der Waals surface area contributed by atoms with Gasteiger partial charge in [0.25, 0.3) is 11.4 Å². The van der Waals surface area contributed by atoms with Gasteiger partial charge in [-0.05, 0) is 64.1 Å². The van der Waals surface area contributed by atoms with Crippen molar-refractivity contribution in [3.63, 3.8) is 0 Å². The van der Waals surface area contributed by atoms with E-state index in [0.29, 0.717) is 11.6 Å². The molecule has 51 heavy (non-hydrogen) atoms. The van der Waals surface area contributed by atoms with Gasteiger partial charge in [0.05, 0.1) is 78.4 Å². The first kappa shape index (κ1) is 33.7. The van der Waals surface area contributed by atoms with Crippen LogP contribution in [0.5, 0.6) is 0 Å². The van der Waals surface area contributed by atoms with Gasteiger partial charge in [-0.25, -0.2) is 29.9 Å². The Balaban J connectivity index is 2.11. The minimum absolute atomic E-state index is 0.0741. The van der Waals surface area contributed by atoms with E-state index in [2.05, 4.69) is 19.4 Å². The number of aryl methyl sites for hydroxylation is 1. The Bertz CT molecular complexity index is 2760. The zero-order valence-electron chi connectivity index (χ0n) is 25.6. The molecule has 0 N–H and O–H groups in total. The number of nitriles is 6. The van der Waals surface area contributed by atoms with Crippen LogP contribution in [0, 0.1) is 101 Å². The second-order valence-corrected chi connectivity index (χ2v) is 10.5. The molecule has 0 aliphatic heterocycles. The van der Waals surface area contributed by atoms with Crippen LogP contribution in [0.15, 0.2) is 47.8 Å². The quantitative estimate of drug-likeness (QED) is 0.197. The Kier molecular flexibility index (Phi) is 8.24. The average molecular weight is 663 g/mol. The van der Waals surface area contributed by atoms with E-state index in [1.54, 1.807) is 25.1 Å². The molecular formula is C38H9F3N10. The topological polar surface area (TPSA) is 160 Å². The van der Waals surface area contributed by atoms with E-state index in [9.17, 15) is 44.7 Å². The number of alkyl halides is 3. The van der Waals surface area contributed by atoms with Crippen molar-refractivity contribution >= 4 is 39.2 Å². The molecule has 5 rings (SSSR count). The van der Waals surface area contributed by atoms with Gasteiger partial charge in [-0.15, -0.1) is 0 Å². The summed E-state index contributed by atoms with van der Waals surface area (Å²) in [7, 11) is 0. The summed E-state index contributed by atoms with van der Waals surface area (Å²) in [5.74, 6) is 0. The van der Waals surface area contributed by atoms with Gasteiger partial charge in [0, 0.05) is 22.3 Å². The third-order valence-electron chi connectivity index (χ3n) is 8.18. The van der Waals surface area contributed by atoms with E-state index >= 15 is 0 Å². The van der Waals surface area contributed by atoms with Crippen LogP contribution in [0.3, 0.4) is 0 Å². The van der Waals surface area contributed by atoms with E-state index in [1.165, 1.54) is 18.2 Å². The van der Waals surface area contributed by atoms with Gasteiger partial charge in [0.2, 0.25) is 5.70 Å². The van der Waals surface area contributed by atoms with Crippen LogP contribution in [0.4, 0.5) is 18.9 Å². The molecule has 0 saturated carbocycles. The molecule has 0 amide bonds. The molecule has 0 spiro atoms. The molecule has 3 aromatic carbocycles. The summed E-state index contributed by atoms with van der Waals surface area (Å²) in [4.78, 5) is 13.6. The van der Waals surface area contributed by atoms with Crippen LogP contribution in [-0.2, 0) is 6.18 Å². The number of hydrogen-bond acceptors (Lipinski definition) is 6. The highest BCUT2D eigenvalue weighted by Crippen LogP contribution is 2.58. The highest BCUT2D eigenvalue weighted by Gasteiger charge is 2.44. The molecule has 232 valence electrons. The van der Waals surface area contributed by atoms with Gasteiger partial charge in [0.1, 0.15) is 12.1 Å². The van der Waals surface area contributed by atoms with E-state index in [4.69, 9.17) is 26.3 Å². The summed E-state index contributed by atoms with van der Waals surface area (Å²) in [6, 6.07) is 17.4. The molecule has 0 heterocycles. The van der Waals surface area contributed by atoms with Gasteiger partial charge < -0.3 is 0 Å². The van der Waals surface area contributed by atoms with Crippen LogP contribution in [0.2, 0.25) is 0 Å². The number of rotatable bonds is 2. The summed E-state index contributed by atoms with van der Waals surface area (Å²) in [6.45, 7) is 33.0. The molecule has 0 unspecified atom stereocenters. The maximum Gasteiger partial charge on any atom is 0.417 e. The van der Waals surface area contributed by atoms with Gasteiger partial charge in [0.15, 0.2) is 5.69 Å². The molecule has 0 saturated heterocycles. The van der Waals surface area contributed by atoms with Gasteiger partial charge in [-0.1, -0.05) is 18.2 Å². The first-order valence-corrected chi connectivity index (χ1v) is 13.9. The standard InChI is InChI=1S/C38H9F3N10/c1-18-6-7-20(11-26(18)48-2)30-36(28(17-47)50-4)33-24(15-45)32-31(23(14-44)34(33)37(30)51-5)22(13-43)29(35(32)27(16-46)49-3)19-8-9-21(12-42)25(10-19)38(39,40)41/h6-11H,1H3/b35-27-,36-28+. The highest BCUT2D eigenvalue weighted by atomic mass is 19.4. The fourth-order valence-corrected chi connectivity index (χ4v) is 6.16. The predicted octanol–water partition coefficient (Wildman–Crippen LogP) is 8.74.